The minimum absolute atomic E-state index is 0.182. The number of hydrogen-bond acceptors (Lipinski definition) is 6. The fourth-order valence-electron chi connectivity index (χ4n) is 3.84. The van der Waals surface area contributed by atoms with Gasteiger partial charge in [-0.15, -0.1) is 0 Å². The lowest BCUT2D eigenvalue weighted by Gasteiger charge is -2.42. The van der Waals surface area contributed by atoms with Gasteiger partial charge in [-0.2, -0.15) is 0 Å². The van der Waals surface area contributed by atoms with Crippen LogP contribution in [-0.4, -0.2) is 97.0 Å². The maximum absolute atomic E-state index is 12.6. The van der Waals surface area contributed by atoms with Gasteiger partial charge in [-0.3, -0.25) is 14.6 Å². The highest BCUT2D eigenvalue weighted by molar-refractivity contribution is 6.01. The molecule has 2 fully saturated rings. The SMILES string of the molecule is CN1C(=O)C2C(N=CN2CN2CCN(c3ccccc3)CC2)N(C)C1=O. The molecule has 3 heterocycles. The van der Waals surface area contributed by atoms with E-state index >= 15 is 0 Å². The lowest BCUT2D eigenvalue weighted by molar-refractivity contribution is -0.136. The molecule has 0 saturated carbocycles. The number of amides is 3. The highest BCUT2D eigenvalue weighted by atomic mass is 16.2. The number of benzene rings is 1. The minimum Gasteiger partial charge on any atom is -0.369 e. The Morgan fingerprint density at radius 1 is 1.04 bits per heavy atom. The molecule has 0 aromatic heterocycles. The van der Waals surface area contributed by atoms with Gasteiger partial charge >= 0.3 is 6.03 Å². The summed E-state index contributed by atoms with van der Waals surface area (Å²) >= 11 is 0. The Morgan fingerprint density at radius 2 is 1.73 bits per heavy atom. The fourth-order valence-corrected chi connectivity index (χ4v) is 3.84. The van der Waals surface area contributed by atoms with Crippen LogP contribution in [-0.2, 0) is 4.79 Å². The topological polar surface area (TPSA) is 62.7 Å². The van der Waals surface area contributed by atoms with E-state index in [0.717, 1.165) is 26.2 Å². The smallest absolute Gasteiger partial charge is 0.328 e. The third-order valence-corrected chi connectivity index (χ3v) is 5.43. The quantitative estimate of drug-likeness (QED) is 0.781. The first kappa shape index (κ1) is 16.8. The third-order valence-electron chi connectivity index (χ3n) is 5.43. The van der Waals surface area contributed by atoms with Crippen molar-refractivity contribution >= 4 is 24.0 Å². The van der Waals surface area contributed by atoms with Crippen molar-refractivity contribution < 1.29 is 9.59 Å². The van der Waals surface area contributed by atoms with Crippen LogP contribution < -0.4 is 4.90 Å². The van der Waals surface area contributed by atoms with Gasteiger partial charge in [0.2, 0.25) is 0 Å². The van der Waals surface area contributed by atoms with Crippen LogP contribution in [0.15, 0.2) is 35.3 Å². The van der Waals surface area contributed by atoms with Gasteiger partial charge in [-0.25, -0.2) is 9.79 Å². The summed E-state index contributed by atoms with van der Waals surface area (Å²) in [5, 5.41) is 0. The molecule has 2 saturated heterocycles. The number of anilines is 1. The molecule has 3 aliphatic heterocycles. The van der Waals surface area contributed by atoms with Gasteiger partial charge in [0.25, 0.3) is 5.91 Å². The second-order valence-corrected chi connectivity index (χ2v) is 7.01. The molecule has 0 N–H and O–H groups in total. The zero-order chi connectivity index (χ0) is 18.3. The number of nitrogens with zero attached hydrogens (tertiary/aromatic N) is 6. The van der Waals surface area contributed by atoms with Crippen LogP contribution in [0.1, 0.15) is 0 Å². The van der Waals surface area contributed by atoms with Crippen LogP contribution in [0.2, 0.25) is 0 Å². The van der Waals surface area contributed by atoms with Crippen LogP contribution in [0.5, 0.6) is 0 Å². The average Bonchev–Trinajstić information content (AvgIpc) is 3.10. The van der Waals surface area contributed by atoms with Crippen LogP contribution in [0.25, 0.3) is 0 Å². The summed E-state index contributed by atoms with van der Waals surface area (Å²) in [6.45, 7) is 4.41. The van der Waals surface area contributed by atoms with Crippen molar-refractivity contribution in [1.29, 1.82) is 0 Å². The molecule has 0 aliphatic carbocycles. The number of urea groups is 1. The molecule has 0 bridgehead atoms. The Morgan fingerprint density at radius 3 is 2.42 bits per heavy atom. The van der Waals surface area contributed by atoms with Crippen molar-refractivity contribution in [3.8, 4) is 0 Å². The first-order valence-electron chi connectivity index (χ1n) is 8.92. The zero-order valence-corrected chi connectivity index (χ0v) is 15.2. The molecule has 3 amide bonds. The van der Waals surface area contributed by atoms with E-state index in [9.17, 15) is 9.59 Å². The van der Waals surface area contributed by atoms with Crippen LogP contribution in [0, 0.1) is 0 Å². The summed E-state index contributed by atoms with van der Waals surface area (Å²) in [6.07, 6.45) is 1.30. The number of imide groups is 1. The largest absolute Gasteiger partial charge is 0.369 e. The Kier molecular flexibility index (Phi) is 4.28. The number of rotatable bonds is 3. The summed E-state index contributed by atoms with van der Waals surface area (Å²) in [7, 11) is 3.23. The number of fused-ring (bicyclic) bond motifs is 1. The lowest BCUT2D eigenvalue weighted by atomic mass is 10.1. The first-order chi connectivity index (χ1) is 12.6. The summed E-state index contributed by atoms with van der Waals surface area (Å²) < 4.78 is 0. The van der Waals surface area contributed by atoms with E-state index < -0.39 is 12.2 Å². The van der Waals surface area contributed by atoms with E-state index in [1.165, 1.54) is 22.5 Å². The second-order valence-electron chi connectivity index (χ2n) is 7.01. The Bertz CT molecular complexity index is 716. The maximum atomic E-state index is 12.6. The number of likely N-dealkylation sites (N-methyl/N-ethyl adjacent to an activating group) is 2. The monoisotopic (exact) mass is 356 g/mol. The normalized spacial score (nSPS) is 26.7. The molecule has 26 heavy (non-hydrogen) atoms. The van der Waals surface area contributed by atoms with Crippen molar-refractivity contribution in [2.45, 2.75) is 12.2 Å². The van der Waals surface area contributed by atoms with Crippen LogP contribution >= 0.6 is 0 Å². The Balaban J connectivity index is 1.38. The number of carbonyl (C=O) groups excluding carboxylic acids is 2. The van der Waals surface area contributed by atoms with Gasteiger partial charge in [-0.05, 0) is 12.1 Å². The van der Waals surface area contributed by atoms with Crippen molar-refractivity contribution in [1.82, 2.24) is 19.6 Å². The Labute approximate surface area is 153 Å². The molecule has 0 radical (unpaired) electrons. The van der Waals surface area contributed by atoms with E-state index in [4.69, 9.17) is 0 Å². The molecule has 8 nitrogen and oxygen atoms in total. The predicted octanol–water partition coefficient (Wildman–Crippen LogP) is 0.329. The average molecular weight is 356 g/mol. The molecule has 1 aromatic rings. The standard InChI is InChI=1S/C18H24N6O2/c1-20-16-15(17(25)21(2)18(20)26)24(12-19-16)13-22-8-10-23(11-9-22)14-6-4-3-5-7-14/h3-7,12,15-16H,8-11,13H2,1-2H3. The molecule has 3 aliphatic rings. The fraction of sp³-hybridized carbons (Fsp3) is 0.500. The molecule has 4 rings (SSSR count). The van der Waals surface area contributed by atoms with Gasteiger partial charge in [0.05, 0.1) is 13.0 Å². The molecule has 0 spiro atoms. The van der Waals surface area contributed by atoms with E-state index in [1.54, 1.807) is 13.4 Å². The van der Waals surface area contributed by atoms with E-state index in [2.05, 4.69) is 39.1 Å². The van der Waals surface area contributed by atoms with Gasteiger partial charge < -0.3 is 14.7 Å². The molecule has 1 aromatic carbocycles. The maximum Gasteiger partial charge on any atom is 0.328 e. The predicted molar refractivity (Wildman–Crippen MR) is 98.9 cm³/mol. The number of aliphatic imine (C=N–C) groups is 1. The first-order valence-corrected chi connectivity index (χ1v) is 8.92. The van der Waals surface area contributed by atoms with E-state index in [0.29, 0.717) is 6.67 Å². The molecule has 2 atom stereocenters. The highest BCUT2D eigenvalue weighted by Crippen LogP contribution is 2.25. The van der Waals surface area contributed by atoms with Gasteiger partial charge in [0, 0.05) is 46.0 Å². The van der Waals surface area contributed by atoms with Gasteiger partial charge in [-0.1, -0.05) is 18.2 Å². The van der Waals surface area contributed by atoms with E-state index in [-0.39, 0.29) is 11.9 Å². The van der Waals surface area contributed by atoms with Crippen molar-refractivity contribution in [3.63, 3.8) is 0 Å². The number of piperazine rings is 1. The van der Waals surface area contributed by atoms with Gasteiger partial charge in [0.15, 0.2) is 12.2 Å². The summed E-state index contributed by atoms with van der Waals surface area (Å²) in [5.41, 5.74) is 1.25. The van der Waals surface area contributed by atoms with Crippen LogP contribution in [0.3, 0.4) is 0 Å². The van der Waals surface area contributed by atoms with Crippen molar-refractivity contribution in [2.75, 3.05) is 51.8 Å². The van der Waals surface area contributed by atoms with E-state index in [1.807, 2.05) is 11.0 Å². The lowest BCUT2D eigenvalue weighted by Crippen LogP contribution is -2.64. The molecule has 2 unspecified atom stereocenters. The Hall–Kier alpha value is -2.61. The van der Waals surface area contributed by atoms with Gasteiger partial charge in [0.1, 0.15) is 0 Å². The second kappa shape index (κ2) is 6.60. The molecule has 8 heteroatoms. The molecule has 138 valence electrons. The summed E-state index contributed by atoms with van der Waals surface area (Å²) in [5.74, 6) is -0.182. The van der Waals surface area contributed by atoms with Crippen molar-refractivity contribution in [3.05, 3.63) is 30.3 Å². The van der Waals surface area contributed by atoms with Crippen LogP contribution in [0.4, 0.5) is 10.5 Å². The zero-order valence-electron chi connectivity index (χ0n) is 15.2. The molecular weight excluding hydrogens is 332 g/mol. The van der Waals surface area contributed by atoms with Crippen molar-refractivity contribution in [2.24, 2.45) is 4.99 Å². The minimum atomic E-state index is -0.421. The highest BCUT2D eigenvalue weighted by Gasteiger charge is 2.48. The summed E-state index contributed by atoms with van der Waals surface area (Å²) in [4.78, 5) is 38.5. The number of hydrogen-bond donors (Lipinski definition) is 0. The number of para-hydroxylation sites is 1. The third kappa shape index (κ3) is 2.80. The summed E-state index contributed by atoms with van der Waals surface area (Å²) in [6, 6.07) is 9.70. The molecular formula is C18H24N6O2. The number of carbonyl (C=O) groups is 2.